The third kappa shape index (κ3) is 2.04. The number of carbonyl (C=O) groups excluding carboxylic acids is 1. The first kappa shape index (κ1) is 13.5. The molecule has 1 amide bonds. The van der Waals surface area contributed by atoms with E-state index in [-0.39, 0.29) is 11.9 Å². The largest absolute Gasteiger partial charge is 0.330 e. The van der Waals surface area contributed by atoms with Gasteiger partial charge < -0.3 is 9.30 Å². The maximum Gasteiger partial charge on any atom is 0.274 e. The van der Waals surface area contributed by atoms with Gasteiger partial charge in [0.15, 0.2) is 0 Å². The second kappa shape index (κ2) is 4.95. The molecule has 0 radical (unpaired) electrons. The van der Waals surface area contributed by atoms with E-state index in [9.17, 15) is 4.79 Å². The molecule has 0 bridgehead atoms. The number of imidazole rings is 1. The Morgan fingerprint density at radius 2 is 2.27 bits per heavy atom. The summed E-state index contributed by atoms with van der Waals surface area (Å²) < 4.78 is 1.91. The van der Waals surface area contributed by atoms with E-state index < -0.39 is 0 Å². The summed E-state index contributed by atoms with van der Waals surface area (Å²) in [4.78, 5) is 20.7. The molecule has 0 aliphatic carbocycles. The molecule has 1 atom stereocenters. The van der Waals surface area contributed by atoms with Crippen molar-refractivity contribution in [3.05, 3.63) is 57.7 Å². The first-order valence-corrected chi connectivity index (χ1v) is 8.34. The Balaban J connectivity index is 1.68. The number of fused-ring (bicyclic) bond motifs is 2. The van der Waals surface area contributed by atoms with E-state index >= 15 is 0 Å². The van der Waals surface area contributed by atoms with Gasteiger partial charge in [-0.15, -0.1) is 11.3 Å². The van der Waals surface area contributed by atoms with Gasteiger partial charge in [0.2, 0.25) is 0 Å². The number of hydrogen-bond acceptors (Lipinski definition) is 3. The van der Waals surface area contributed by atoms with Crippen molar-refractivity contribution in [1.29, 1.82) is 0 Å². The van der Waals surface area contributed by atoms with Crippen LogP contribution in [0.4, 0.5) is 0 Å². The molecule has 4 rings (SSSR count). The highest BCUT2D eigenvalue weighted by Gasteiger charge is 2.30. The summed E-state index contributed by atoms with van der Waals surface area (Å²) in [6.07, 6.45) is 4.72. The van der Waals surface area contributed by atoms with Crippen molar-refractivity contribution in [1.82, 2.24) is 14.3 Å². The third-order valence-electron chi connectivity index (χ3n) is 4.37. The molecule has 4 nitrogen and oxygen atoms in total. The minimum atomic E-state index is 0.0192. The van der Waals surface area contributed by atoms with E-state index in [1.165, 1.54) is 10.4 Å². The molecule has 0 spiro atoms. The van der Waals surface area contributed by atoms with Crippen molar-refractivity contribution in [3.63, 3.8) is 0 Å². The maximum absolute atomic E-state index is 12.8. The van der Waals surface area contributed by atoms with Gasteiger partial charge in [-0.1, -0.05) is 0 Å². The summed E-state index contributed by atoms with van der Waals surface area (Å²) in [5.74, 6) is 0.0192. The monoisotopic (exact) mass is 311 g/mol. The molecule has 5 heteroatoms. The lowest BCUT2D eigenvalue weighted by Crippen LogP contribution is -2.38. The van der Waals surface area contributed by atoms with Gasteiger partial charge in [-0.2, -0.15) is 0 Å². The predicted molar refractivity (Wildman–Crippen MR) is 87.4 cm³/mol. The molecular weight excluding hydrogens is 294 g/mol. The zero-order valence-corrected chi connectivity index (χ0v) is 13.4. The summed E-state index contributed by atoms with van der Waals surface area (Å²) >= 11 is 1.79. The van der Waals surface area contributed by atoms with Gasteiger partial charge in [0.05, 0.1) is 6.04 Å². The minimum Gasteiger partial charge on any atom is -0.330 e. The number of pyridine rings is 1. The lowest BCUT2D eigenvalue weighted by atomic mass is 10.0. The van der Waals surface area contributed by atoms with Gasteiger partial charge in [0.25, 0.3) is 5.91 Å². The molecule has 0 unspecified atom stereocenters. The highest BCUT2D eigenvalue weighted by atomic mass is 32.1. The fraction of sp³-hybridized carbons (Fsp3) is 0.294. The first-order valence-electron chi connectivity index (χ1n) is 7.46. The smallest absolute Gasteiger partial charge is 0.274 e. The Kier molecular flexibility index (Phi) is 3.04. The summed E-state index contributed by atoms with van der Waals surface area (Å²) in [6.45, 7) is 4.89. The van der Waals surface area contributed by atoms with Crippen LogP contribution in [-0.4, -0.2) is 26.7 Å². The molecule has 3 aromatic heterocycles. The Hall–Kier alpha value is -2.14. The Morgan fingerprint density at radius 3 is 3.14 bits per heavy atom. The Labute approximate surface area is 133 Å². The van der Waals surface area contributed by atoms with Crippen LogP contribution < -0.4 is 0 Å². The highest BCUT2D eigenvalue weighted by Crippen LogP contribution is 2.33. The molecule has 1 aliphatic heterocycles. The molecule has 112 valence electrons. The van der Waals surface area contributed by atoms with Crippen molar-refractivity contribution < 1.29 is 4.79 Å². The molecule has 0 aromatic carbocycles. The van der Waals surface area contributed by atoms with E-state index in [4.69, 9.17) is 0 Å². The molecule has 0 fully saturated rings. The third-order valence-corrected chi connectivity index (χ3v) is 5.37. The predicted octanol–water partition coefficient (Wildman–Crippen LogP) is 3.46. The molecule has 1 aliphatic rings. The van der Waals surface area contributed by atoms with Gasteiger partial charge in [0.1, 0.15) is 11.3 Å². The van der Waals surface area contributed by atoms with Crippen LogP contribution in [0, 0.1) is 6.92 Å². The molecule has 22 heavy (non-hydrogen) atoms. The molecule has 3 aromatic rings. The fourth-order valence-corrected chi connectivity index (χ4v) is 4.08. The van der Waals surface area contributed by atoms with Gasteiger partial charge in [-0.25, -0.2) is 4.98 Å². The summed E-state index contributed by atoms with van der Waals surface area (Å²) in [5, 5.41) is 2.11. The molecular formula is C17H17N3OS. The van der Waals surface area contributed by atoms with Crippen molar-refractivity contribution >= 4 is 22.9 Å². The SMILES string of the molecule is Cc1ccn2cc(C(=O)N3CCc4sccc4[C@@H]3C)nc2c1. The van der Waals surface area contributed by atoms with Gasteiger partial charge in [-0.05, 0) is 55.0 Å². The fourth-order valence-electron chi connectivity index (χ4n) is 3.12. The number of hydrogen-bond donors (Lipinski definition) is 0. The molecule has 0 saturated carbocycles. The number of nitrogens with zero attached hydrogens (tertiary/aromatic N) is 3. The zero-order chi connectivity index (χ0) is 15.3. The second-order valence-corrected chi connectivity index (χ2v) is 6.82. The lowest BCUT2D eigenvalue weighted by Gasteiger charge is -2.33. The van der Waals surface area contributed by atoms with Crippen molar-refractivity contribution in [2.24, 2.45) is 0 Å². The lowest BCUT2D eigenvalue weighted by molar-refractivity contribution is 0.0674. The van der Waals surface area contributed by atoms with Crippen LogP contribution in [0.15, 0.2) is 36.0 Å². The average Bonchev–Trinajstić information content (AvgIpc) is 3.12. The average molecular weight is 311 g/mol. The van der Waals surface area contributed by atoms with Crippen LogP contribution in [0.25, 0.3) is 5.65 Å². The Bertz CT molecular complexity index is 864. The van der Waals surface area contributed by atoms with Crippen LogP contribution in [-0.2, 0) is 6.42 Å². The maximum atomic E-state index is 12.8. The van der Waals surface area contributed by atoms with Crippen LogP contribution in [0.2, 0.25) is 0 Å². The standard InChI is InChI=1S/C17H17N3OS/c1-11-3-6-19-10-14(18-16(19)9-11)17(21)20-7-4-15-13(12(20)2)5-8-22-15/h3,5-6,8-10,12H,4,7H2,1-2H3/t12-/m0/s1. The van der Waals surface area contributed by atoms with Crippen LogP contribution in [0.1, 0.15) is 39.5 Å². The van der Waals surface area contributed by atoms with E-state index in [2.05, 4.69) is 23.4 Å². The molecule has 0 N–H and O–H groups in total. The number of thiophene rings is 1. The Morgan fingerprint density at radius 1 is 1.41 bits per heavy atom. The van der Waals surface area contributed by atoms with Gasteiger partial charge in [-0.3, -0.25) is 4.79 Å². The van der Waals surface area contributed by atoms with Crippen LogP contribution >= 0.6 is 11.3 Å². The zero-order valence-electron chi connectivity index (χ0n) is 12.6. The number of aromatic nitrogens is 2. The summed E-state index contributed by atoms with van der Waals surface area (Å²) in [5.41, 5.74) is 3.77. The number of rotatable bonds is 1. The quantitative estimate of drug-likeness (QED) is 0.690. The molecule has 0 saturated heterocycles. The minimum absolute atomic E-state index is 0.0192. The van der Waals surface area contributed by atoms with Crippen molar-refractivity contribution in [2.45, 2.75) is 26.3 Å². The second-order valence-electron chi connectivity index (χ2n) is 5.82. The van der Waals surface area contributed by atoms with Gasteiger partial charge >= 0.3 is 0 Å². The first-order chi connectivity index (χ1) is 10.6. The molecule has 4 heterocycles. The van der Waals surface area contributed by atoms with Crippen LogP contribution in [0.5, 0.6) is 0 Å². The van der Waals surface area contributed by atoms with E-state index in [1.54, 1.807) is 11.3 Å². The van der Waals surface area contributed by atoms with E-state index in [0.29, 0.717) is 5.69 Å². The normalized spacial score (nSPS) is 17.7. The van der Waals surface area contributed by atoms with Crippen LogP contribution in [0.3, 0.4) is 0 Å². The van der Waals surface area contributed by atoms with Crippen molar-refractivity contribution in [2.75, 3.05) is 6.54 Å². The summed E-state index contributed by atoms with van der Waals surface area (Å²) in [6, 6.07) is 6.27. The number of aryl methyl sites for hydroxylation is 1. The van der Waals surface area contributed by atoms with Crippen molar-refractivity contribution in [3.8, 4) is 0 Å². The number of amides is 1. The van der Waals surface area contributed by atoms with Gasteiger partial charge in [0, 0.05) is 23.8 Å². The highest BCUT2D eigenvalue weighted by molar-refractivity contribution is 7.10. The van der Waals surface area contributed by atoms with E-state index in [0.717, 1.165) is 24.2 Å². The summed E-state index contributed by atoms with van der Waals surface area (Å²) in [7, 11) is 0. The number of carbonyl (C=O) groups is 1. The van der Waals surface area contributed by atoms with E-state index in [1.807, 2.05) is 40.8 Å². The topological polar surface area (TPSA) is 37.6 Å².